The average molecular weight is 301 g/mol. The van der Waals surface area contributed by atoms with Gasteiger partial charge in [0.15, 0.2) is 0 Å². The van der Waals surface area contributed by atoms with Gasteiger partial charge in [-0.1, -0.05) is 30.3 Å². The van der Waals surface area contributed by atoms with Gasteiger partial charge in [-0.3, -0.25) is 4.79 Å². The number of likely N-dealkylation sites (tertiary alicyclic amines) is 1. The van der Waals surface area contributed by atoms with E-state index >= 15 is 0 Å². The summed E-state index contributed by atoms with van der Waals surface area (Å²) >= 11 is 0. The highest BCUT2D eigenvalue weighted by atomic mass is 19.4. The summed E-state index contributed by atoms with van der Waals surface area (Å²) in [6.45, 7) is 0.683. The molecule has 1 saturated heterocycles. The Hall–Kier alpha value is -1.56. The predicted octanol–water partition coefficient (Wildman–Crippen LogP) is 3.06. The summed E-state index contributed by atoms with van der Waals surface area (Å²) < 4.78 is 36.7. The highest BCUT2D eigenvalue weighted by Crippen LogP contribution is 2.36. The molecule has 0 aromatic heterocycles. The van der Waals surface area contributed by atoms with Crippen LogP contribution in [0.1, 0.15) is 24.8 Å². The van der Waals surface area contributed by atoms with Crippen molar-refractivity contribution in [2.24, 2.45) is 0 Å². The molecule has 6 heteroatoms. The third kappa shape index (κ3) is 3.75. The number of alkyl halides is 3. The van der Waals surface area contributed by atoms with E-state index in [1.807, 2.05) is 6.07 Å². The van der Waals surface area contributed by atoms with Crippen molar-refractivity contribution in [1.29, 1.82) is 0 Å². The second-order valence-corrected chi connectivity index (χ2v) is 5.46. The number of piperidine rings is 1. The summed E-state index contributed by atoms with van der Waals surface area (Å²) in [7, 11) is 0. The Bertz CT molecular complexity index is 479. The number of carboxylic acid groups (broad SMARTS) is 1. The topological polar surface area (TPSA) is 40.5 Å². The van der Waals surface area contributed by atoms with Crippen molar-refractivity contribution in [2.75, 3.05) is 19.6 Å². The molecule has 1 aliphatic heterocycles. The van der Waals surface area contributed by atoms with E-state index in [1.165, 1.54) is 0 Å². The van der Waals surface area contributed by atoms with Gasteiger partial charge in [0, 0.05) is 6.54 Å². The number of hydrogen-bond donors (Lipinski definition) is 1. The average Bonchev–Trinajstić information content (AvgIpc) is 2.45. The van der Waals surface area contributed by atoms with Gasteiger partial charge in [-0.2, -0.15) is 13.2 Å². The summed E-state index contributed by atoms with van der Waals surface area (Å²) in [5.41, 5.74) is -0.247. The van der Waals surface area contributed by atoms with Crippen molar-refractivity contribution in [2.45, 2.75) is 30.9 Å². The van der Waals surface area contributed by atoms with Gasteiger partial charge < -0.3 is 10.0 Å². The summed E-state index contributed by atoms with van der Waals surface area (Å²) in [5, 5.41) is 9.59. The number of aliphatic carboxylic acids is 1. The maximum atomic E-state index is 12.2. The molecule has 1 aromatic carbocycles. The standard InChI is InChI=1S/C15H18F3NO2/c16-15(17,18)8-11-19-9-6-14(7-10-19,13(20)21)12-4-2-1-3-5-12/h1-5H,6-11H2,(H,20,21). The van der Waals surface area contributed by atoms with Crippen LogP contribution in [-0.4, -0.2) is 41.8 Å². The van der Waals surface area contributed by atoms with Crippen LogP contribution in [-0.2, 0) is 10.2 Å². The molecule has 116 valence electrons. The first-order valence-electron chi connectivity index (χ1n) is 6.91. The minimum Gasteiger partial charge on any atom is -0.481 e. The Balaban J connectivity index is 2.04. The van der Waals surface area contributed by atoms with Gasteiger partial charge >= 0.3 is 12.1 Å². The van der Waals surface area contributed by atoms with E-state index in [2.05, 4.69) is 0 Å². The number of hydrogen-bond acceptors (Lipinski definition) is 2. The van der Waals surface area contributed by atoms with Crippen molar-refractivity contribution in [3.63, 3.8) is 0 Å². The largest absolute Gasteiger partial charge is 0.481 e. The molecular formula is C15H18F3NO2. The van der Waals surface area contributed by atoms with Crippen LogP contribution in [0.2, 0.25) is 0 Å². The van der Waals surface area contributed by atoms with Crippen LogP contribution < -0.4 is 0 Å². The lowest BCUT2D eigenvalue weighted by Crippen LogP contribution is -2.47. The molecule has 0 amide bonds. The number of carboxylic acids is 1. The van der Waals surface area contributed by atoms with E-state index in [1.54, 1.807) is 29.2 Å². The molecule has 1 aliphatic rings. The highest BCUT2D eigenvalue weighted by molar-refractivity contribution is 5.81. The van der Waals surface area contributed by atoms with Gasteiger partial charge in [-0.05, 0) is 31.5 Å². The molecule has 2 rings (SSSR count). The molecule has 0 bridgehead atoms. The fourth-order valence-corrected chi connectivity index (χ4v) is 2.83. The van der Waals surface area contributed by atoms with Gasteiger partial charge in [0.1, 0.15) is 0 Å². The third-order valence-electron chi connectivity index (χ3n) is 4.16. The maximum absolute atomic E-state index is 12.2. The Morgan fingerprint density at radius 1 is 1.19 bits per heavy atom. The lowest BCUT2D eigenvalue weighted by molar-refractivity contribution is -0.148. The second kappa shape index (κ2) is 6.05. The Morgan fingerprint density at radius 3 is 2.24 bits per heavy atom. The van der Waals surface area contributed by atoms with Crippen LogP contribution in [0.15, 0.2) is 30.3 Å². The van der Waals surface area contributed by atoms with Gasteiger partial charge in [0.05, 0.1) is 11.8 Å². The van der Waals surface area contributed by atoms with Crippen LogP contribution in [0.4, 0.5) is 13.2 Å². The van der Waals surface area contributed by atoms with E-state index < -0.39 is 24.0 Å². The van der Waals surface area contributed by atoms with E-state index in [4.69, 9.17) is 0 Å². The van der Waals surface area contributed by atoms with Crippen LogP contribution in [0.5, 0.6) is 0 Å². The fourth-order valence-electron chi connectivity index (χ4n) is 2.83. The molecule has 21 heavy (non-hydrogen) atoms. The van der Waals surface area contributed by atoms with Gasteiger partial charge in [-0.15, -0.1) is 0 Å². The molecule has 1 N–H and O–H groups in total. The van der Waals surface area contributed by atoms with Crippen LogP contribution in [0, 0.1) is 0 Å². The third-order valence-corrected chi connectivity index (χ3v) is 4.16. The lowest BCUT2D eigenvalue weighted by Gasteiger charge is -2.39. The van der Waals surface area contributed by atoms with E-state index in [0.29, 0.717) is 25.9 Å². The monoisotopic (exact) mass is 301 g/mol. The molecule has 1 aromatic rings. The molecule has 0 saturated carbocycles. The molecule has 3 nitrogen and oxygen atoms in total. The zero-order valence-corrected chi connectivity index (χ0v) is 11.6. The number of halogens is 3. The van der Waals surface area contributed by atoms with Gasteiger partial charge in [0.2, 0.25) is 0 Å². The zero-order chi connectivity index (χ0) is 15.5. The quantitative estimate of drug-likeness (QED) is 0.929. The smallest absolute Gasteiger partial charge is 0.390 e. The Morgan fingerprint density at radius 2 is 1.76 bits per heavy atom. The van der Waals surface area contributed by atoms with Crippen molar-refractivity contribution < 1.29 is 23.1 Å². The molecule has 0 aliphatic carbocycles. The molecule has 1 fully saturated rings. The predicted molar refractivity (Wildman–Crippen MR) is 72.1 cm³/mol. The number of carbonyl (C=O) groups is 1. The number of nitrogens with zero attached hydrogens (tertiary/aromatic N) is 1. The number of rotatable bonds is 4. The fraction of sp³-hybridized carbons (Fsp3) is 0.533. The zero-order valence-electron chi connectivity index (χ0n) is 11.6. The van der Waals surface area contributed by atoms with E-state index in [9.17, 15) is 23.1 Å². The van der Waals surface area contributed by atoms with E-state index in [0.717, 1.165) is 5.56 Å². The van der Waals surface area contributed by atoms with Crippen LogP contribution in [0.25, 0.3) is 0 Å². The van der Waals surface area contributed by atoms with E-state index in [-0.39, 0.29) is 6.54 Å². The second-order valence-electron chi connectivity index (χ2n) is 5.46. The van der Waals surface area contributed by atoms with Crippen LogP contribution in [0.3, 0.4) is 0 Å². The molecular weight excluding hydrogens is 283 g/mol. The van der Waals surface area contributed by atoms with Crippen molar-refractivity contribution in [3.8, 4) is 0 Å². The maximum Gasteiger partial charge on any atom is 0.390 e. The Kier molecular flexibility index (Phi) is 4.56. The molecule has 0 unspecified atom stereocenters. The molecule has 0 atom stereocenters. The van der Waals surface area contributed by atoms with Gasteiger partial charge in [-0.25, -0.2) is 0 Å². The van der Waals surface area contributed by atoms with Crippen molar-refractivity contribution >= 4 is 5.97 Å². The van der Waals surface area contributed by atoms with Crippen molar-refractivity contribution in [3.05, 3.63) is 35.9 Å². The summed E-state index contributed by atoms with van der Waals surface area (Å²) in [6.07, 6.45) is -4.34. The normalized spacial score (nSPS) is 19.4. The SMILES string of the molecule is O=C(O)C1(c2ccccc2)CCN(CCC(F)(F)F)CC1. The first kappa shape index (κ1) is 15.8. The minimum absolute atomic E-state index is 0.0615. The summed E-state index contributed by atoms with van der Waals surface area (Å²) in [6, 6.07) is 8.95. The highest BCUT2D eigenvalue weighted by Gasteiger charge is 2.43. The van der Waals surface area contributed by atoms with Crippen LogP contribution >= 0.6 is 0 Å². The summed E-state index contributed by atoms with van der Waals surface area (Å²) in [4.78, 5) is 13.4. The number of benzene rings is 1. The minimum atomic E-state index is -4.17. The van der Waals surface area contributed by atoms with Gasteiger partial charge in [0.25, 0.3) is 0 Å². The lowest BCUT2D eigenvalue weighted by atomic mass is 9.73. The molecule has 0 radical (unpaired) electrons. The summed E-state index contributed by atoms with van der Waals surface area (Å²) in [5.74, 6) is -0.899. The molecule has 0 spiro atoms. The van der Waals surface area contributed by atoms with Crippen molar-refractivity contribution in [1.82, 2.24) is 4.90 Å². The molecule has 1 heterocycles. The first-order valence-corrected chi connectivity index (χ1v) is 6.91. The first-order chi connectivity index (χ1) is 9.83. The Labute approximate surface area is 121 Å².